The number of ether oxygens (including phenoxy) is 1. The highest BCUT2D eigenvalue weighted by Crippen LogP contribution is 2.29. The van der Waals surface area contributed by atoms with E-state index in [0.717, 1.165) is 17.0 Å². The SMILES string of the molecule is OC(CN(Cc1cccc(OC(F)(F)C(F)F)c1)c1c[c]ccc1)C(F)(F)F. The molecule has 0 saturated heterocycles. The van der Waals surface area contributed by atoms with E-state index in [9.17, 15) is 35.8 Å². The number of alkyl halides is 7. The van der Waals surface area contributed by atoms with Gasteiger partial charge in [0.1, 0.15) is 5.75 Å². The van der Waals surface area contributed by atoms with Gasteiger partial charge in [-0.2, -0.15) is 30.7 Å². The smallest absolute Gasteiger partial charge is 0.428 e. The van der Waals surface area contributed by atoms with E-state index in [1.165, 1.54) is 36.4 Å². The highest BCUT2D eigenvalue weighted by Gasteiger charge is 2.44. The summed E-state index contributed by atoms with van der Waals surface area (Å²) in [7, 11) is 0. The van der Waals surface area contributed by atoms with Gasteiger partial charge in [0.2, 0.25) is 0 Å². The van der Waals surface area contributed by atoms with E-state index in [1.54, 1.807) is 0 Å². The summed E-state index contributed by atoms with van der Waals surface area (Å²) in [5, 5.41) is 9.38. The fraction of sp³-hybridized carbons (Fsp3) is 0.333. The van der Waals surface area contributed by atoms with Crippen molar-refractivity contribution in [2.45, 2.75) is 31.4 Å². The fourth-order valence-corrected chi connectivity index (χ4v) is 2.28. The third-order valence-corrected chi connectivity index (χ3v) is 3.61. The molecule has 0 amide bonds. The van der Waals surface area contributed by atoms with Crippen LogP contribution in [0.4, 0.5) is 36.4 Å². The molecule has 0 fully saturated rings. The van der Waals surface area contributed by atoms with Crippen LogP contribution in [-0.2, 0) is 6.54 Å². The molecule has 0 bridgehead atoms. The van der Waals surface area contributed by atoms with Gasteiger partial charge in [-0.3, -0.25) is 0 Å². The second kappa shape index (κ2) is 8.68. The van der Waals surface area contributed by atoms with E-state index in [4.69, 9.17) is 0 Å². The normalized spacial score (nSPS) is 13.5. The first kappa shape index (κ1) is 21.8. The molecule has 3 nitrogen and oxygen atoms in total. The summed E-state index contributed by atoms with van der Waals surface area (Å²) in [6, 6.07) is 13.2. The topological polar surface area (TPSA) is 32.7 Å². The number of rotatable bonds is 8. The van der Waals surface area contributed by atoms with Gasteiger partial charge < -0.3 is 14.7 Å². The minimum absolute atomic E-state index is 0.209. The van der Waals surface area contributed by atoms with E-state index in [2.05, 4.69) is 10.8 Å². The maximum absolute atomic E-state index is 13.0. The summed E-state index contributed by atoms with van der Waals surface area (Å²) in [5.74, 6) is -0.571. The van der Waals surface area contributed by atoms with E-state index in [1.807, 2.05) is 0 Å². The van der Waals surface area contributed by atoms with Crippen molar-refractivity contribution in [2.75, 3.05) is 11.4 Å². The van der Waals surface area contributed by atoms with Crippen molar-refractivity contribution in [3.05, 3.63) is 60.2 Å². The lowest BCUT2D eigenvalue weighted by Gasteiger charge is -2.28. The second-order valence-corrected chi connectivity index (χ2v) is 5.81. The first-order chi connectivity index (χ1) is 13.0. The van der Waals surface area contributed by atoms with E-state index < -0.39 is 37.1 Å². The van der Waals surface area contributed by atoms with Crippen LogP contribution in [0.25, 0.3) is 0 Å². The molecule has 1 atom stereocenters. The van der Waals surface area contributed by atoms with Crippen LogP contribution in [-0.4, -0.2) is 36.5 Å². The van der Waals surface area contributed by atoms with Crippen molar-refractivity contribution in [1.82, 2.24) is 0 Å². The van der Waals surface area contributed by atoms with Crippen LogP contribution in [0.1, 0.15) is 5.56 Å². The van der Waals surface area contributed by atoms with Gasteiger partial charge in [0.15, 0.2) is 6.10 Å². The van der Waals surface area contributed by atoms with Gasteiger partial charge in [0, 0.05) is 12.2 Å². The number of nitrogens with zero attached hydrogens (tertiary/aromatic N) is 1. The van der Waals surface area contributed by atoms with Crippen LogP contribution in [0.3, 0.4) is 0 Å². The molecule has 2 aromatic carbocycles. The fourth-order valence-electron chi connectivity index (χ4n) is 2.28. The minimum atomic E-state index is -4.86. The molecule has 2 aromatic rings. The Kier molecular flexibility index (Phi) is 6.76. The maximum atomic E-state index is 13.0. The molecule has 0 saturated carbocycles. The Labute approximate surface area is 156 Å². The monoisotopic (exact) mass is 410 g/mol. The number of anilines is 1. The molecule has 0 heterocycles. The number of hydrogen-bond donors (Lipinski definition) is 1. The Hall–Kier alpha value is -2.49. The van der Waals surface area contributed by atoms with Gasteiger partial charge in [0.05, 0.1) is 6.54 Å². The third-order valence-electron chi connectivity index (χ3n) is 3.61. The summed E-state index contributed by atoms with van der Waals surface area (Å²) < 4.78 is 92.8. The maximum Gasteiger partial charge on any atom is 0.461 e. The van der Waals surface area contributed by atoms with Gasteiger partial charge >= 0.3 is 18.7 Å². The quantitative estimate of drug-likeness (QED) is 0.643. The van der Waals surface area contributed by atoms with Crippen molar-refractivity contribution < 1.29 is 40.6 Å². The number of benzene rings is 2. The number of aliphatic hydroxyl groups is 1. The minimum Gasteiger partial charge on any atom is -0.428 e. The molecule has 0 aliphatic carbocycles. The van der Waals surface area contributed by atoms with Crippen molar-refractivity contribution in [1.29, 1.82) is 0 Å². The summed E-state index contributed by atoms with van der Waals surface area (Å²) in [5.41, 5.74) is 0.496. The second-order valence-electron chi connectivity index (χ2n) is 5.81. The standard InChI is InChI=1S/C18H15F7NO2/c19-16(20)18(24,25)28-14-8-4-5-12(9-14)10-26(11-15(27)17(21,22)23)13-6-2-1-3-7-13/h1-2,4-9,15-16,27H,10-11H2. The summed E-state index contributed by atoms with van der Waals surface area (Å²) in [6.07, 6.45) is -16.3. The molecule has 2 rings (SSSR count). The third kappa shape index (κ3) is 6.01. The van der Waals surface area contributed by atoms with Crippen LogP contribution >= 0.6 is 0 Å². The Morgan fingerprint density at radius 1 is 1.07 bits per heavy atom. The zero-order valence-electron chi connectivity index (χ0n) is 14.1. The Bertz CT molecular complexity index is 753. The van der Waals surface area contributed by atoms with Crippen LogP contribution in [0.5, 0.6) is 5.75 Å². The highest BCUT2D eigenvalue weighted by molar-refractivity contribution is 5.47. The van der Waals surface area contributed by atoms with Gasteiger partial charge in [-0.1, -0.05) is 24.3 Å². The van der Waals surface area contributed by atoms with E-state index in [-0.39, 0.29) is 17.8 Å². The lowest BCUT2D eigenvalue weighted by Crippen LogP contribution is -2.40. The summed E-state index contributed by atoms with van der Waals surface area (Å²) >= 11 is 0. The largest absolute Gasteiger partial charge is 0.461 e. The molecule has 10 heteroatoms. The van der Waals surface area contributed by atoms with Crippen molar-refractivity contribution in [3.8, 4) is 5.75 Å². The molecule has 0 aromatic heterocycles. The molecule has 1 N–H and O–H groups in total. The Morgan fingerprint density at radius 2 is 1.79 bits per heavy atom. The van der Waals surface area contributed by atoms with Gasteiger partial charge in [-0.15, -0.1) is 0 Å². The van der Waals surface area contributed by atoms with Crippen molar-refractivity contribution in [3.63, 3.8) is 0 Å². The number of halogens is 7. The highest BCUT2D eigenvalue weighted by atomic mass is 19.4. The molecule has 153 valence electrons. The molecule has 0 aliphatic rings. The molecular weight excluding hydrogens is 395 g/mol. The van der Waals surface area contributed by atoms with Gasteiger partial charge in [0.25, 0.3) is 0 Å². The summed E-state index contributed by atoms with van der Waals surface area (Å²) in [4.78, 5) is 1.15. The zero-order valence-corrected chi connectivity index (χ0v) is 14.1. The first-order valence-electron chi connectivity index (χ1n) is 7.89. The lowest BCUT2D eigenvalue weighted by molar-refractivity contribution is -0.253. The zero-order chi connectivity index (χ0) is 20.9. The number of hydrogen-bond acceptors (Lipinski definition) is 3. The van der Waals surface area contributed by atoms with E-state index >= 15 is 0 Å². The van der Waals surface area contributed by atoms with Gasteiger partial charge in [-0.05, 0) is 35.9 Å². The average molecular weight is 410 g/mol. The molecule has 0 aliphatic heterocycles. The van der Waals surface area contributed by atoms with Crippen LogP contribution < -0.4 is 9.64 Å². The Morgan fingerprint density at radius 3 is 2.36 bits per heavy atom. The molecule has 1 unspecified atom stereocenters. The summed E-state index contributed by atoms with van der Waals surface area (Å²) in [6.45, 7) is -1.07. The number of aliphatic hydroxyl groups excluding tert-OH is 1. The predicted molar refractivity (Wildman–Crippen MR) is 86.4 cm³/mol. The average Bonchev–Trinajstić information content (AvgIpc) is 2.61. The van der Waals surface area contributed by atoms with Crippen LogP contribution in [0.15, 0.2) is 48.5 Å². The van der Waals surface area contributed by atoms with Crippen LogP contribution in [0, 0.1) is 6.07 Å². The van der Waals surface area contributed by atoms with Crippen molar-refractivity contribution in [2.24, 2.45) is 0 Å². The lowest BCUT2D eigenvalue weighted by atomic mass is 10.1. The molecule has 0 spiro atoms. The van der Waals surface area contributed by atoms with Crippen LogP contribution in [0.2, 0.25) is 0 Å². The van der Waals surface area contributed by atoms with E-state index in [0.29, 0.717) is 0 Å². The predicted octanol–water partition coefficient (Wildman–Crippen LogP) is 4.65. The molecule has 28 heavy (non-hydrogen) atoms. The Balaban J connectivity index is 2.23. The first-order valence-corrected chi connectivity index (χ1v) is 7.89. The molecule has 1 radical (unpaired) electrons. The molecular formula is C18H15F7NO2. The van der Waals surface area contributed by atoms with Gasteiger partial charge in [-0.25, -0.2) is 0 Å². The van der Waals surface area contributed by atoms with Crippen molar-refractivity contribution >= 4 is 5.69 Å².